The molecule has 4 N–H and O–H groups in total. The average Bonchev–Trinajstić information content (AvgIpc) is 2.32. The molecule has 0 saturated heterocycles. The van der Waals surface area contributed by atoms with Crippen LogP contribution >= 0.6 is 0 Å². The van der Waals surface area contributed by atoms with E-state index in [0.717, 1.165) is 11.1 Å². The molecule has 1 unspecified atom stereocenters. The van der Waals surface area contributed by atoms with Gasteiger partial charge >= 0.3 is 0 Å². The maximum absolute atomic E-state index is 10.1. The van der Waals surface area contributed by atoms with Gasteiger partial charge in [-0.25, -0.2) is 0 Å². The van der Waals surface area contributed by atoms with E-state index in [-0.39, 0.29) is 5.75 Å². The molecule has 0 fully saturated rings. The van der Waals surface area contributed by atoms with E-state index < -0.39 is 6.10 Å². The van der Waals surface area contributed by atoms with Gasteiger partial charge in [0, 0.05) is 17.7 Å². The largest absolute Gasteiger partial charge is 0.508 e. The summed E-state index contributed by atoms with van der Waals surface area (Å²) in [5, 5.41) is 19.3. The molecule has 2 rings (SSSR count). The summed E-state index contributed by atoms with van der Waals surface area (Å²) in [4.78, 5) is 0. The Bertz CT molecular complexity index is 494. The quantitative estimate of drug-likeness (QED) is 0.707. The summed E-state index contributed by atoms with van der Waals surface area (Å²) < 4.78 is 0. The lowest BCUT2D eigenvalue weighted by molar-refractivity contribution is 0.179. The topological polar surface area (TPSA) is 66.5 Å². The Hall–Kier alpha value is -2.00. The molecule has 0 aliphatic heterocycles. The molecular weight excluding hydrogens is 214 g/mol. The Kier molecular flexibility index (Phi) is 3.30. The van der Waals surface area contributed by atoms with E-state index >= 15 is 0 Å². The van der Waals surface area contributed by atoms with Crippen molar-refractivity contribution >= 4 is 5.69 Å². The van der Waals surface area contributed by atoms with Gasteiger partial charge < -0.3 is 15.9 Å². The monoisotopic (exact) mass is 229 g/mol. The molecule has 0 amide bonds. The second-order valence-electron chi connectivity index (χ2n) is 4.02. The van der Waals surface area contributed by atoms with Crippen LogP contribution in [0, 0.1) is 0 Å². The molecular formula is C14H15NO2. The number of nitrogen functional groups attached to an aromatic ring is 1. The molecule has 0 aromatic heterocycles. The van der Waals surface area contributed by atoms with Crippen LogP contribution < -0.4 is 5.73 Å². The number of para-hydroxylation sites is 1. The summed E-state index contributed by atoms with van der Waals surface area (Å²) in [5.74, 6) is 0.225. The fourth-order valence-electron chi connectivity index (χ4n) is 1.78. The molecule has 88 valence electrons. The summed E-state index contributed by atoms with van der Waals surface area (Å²) in [5.41, 5.74) is 8.09. The second kappa shape index (κ2) is 4.89. The number of nitrogens with two attached hydrogens (primary N) is 1. The van der Waals surface area contributed by atoms with Gasteiger partial charge in [0.1, 0.15) is 5.75 Å². The molecule has 3 nitrogen and oxygen atoms in total. The van der Waals surface area contributed by atoms with Crippen molar-refractivity contribution in [2.45, 2.75) is 12.5 Å². The fraction of sp³-hybridized carbons (Fsp3) is 0.143. The van der Waals surface area contributed by atoms with Crippen molar-refractivity contribution in [3.05, 3.63) is 59.7 Å². The average molecular weight is 229 g/mol. The van der Waals surface area contributed by atoms with Crippen LogP contribution in [-0.2, 0) is 6.42 Å². The van der Waals surface area contributed by atoms with E-state index in [1.807, 2.05) is 18.2 Å². The molecule has 0 heterocycles. The molecule has 17 heavy (non-hydrogen) atoms. The number of benzene rings is 2. The highest BCUT2D eigenvalue weighted by Crippen LogP contribution is 2.24. The standard InChI is InChI=1S/C14H15NO2/c15-13-4-2-1-3-12(13)14(17)9-10-5-7-11(16)8-6-10/h1-8,14,16-17H,9,15H2. The van der Waals surface area contributed by atoms with Crippen LogP contribution in [0.3, 0.4) is 0 Å². The normalized spacial score (nSPS) is 12.3. The van der Waals surface area contributed by atoms with Crippen LogP contribution in [0.25, 0.3) is 0 Å². The molecule has 0 bridgehead atoms. The van der Waals surface area contributed by atoms with Crippen molar-refractivity contribution in [2.75, 3.05) is 5.73 Å². The third-order valence-corrected chi connectivity index (χ3v) is 2.72. The Labute approximate surface area is 100 Å². The van der Waals surface area contributed by atoms with Crippen molar-refractivity contribution in [3.63, 3.8) is 0 Å². The van der Waals surface area contributed by atoms with E-state index in [0.29, 0.717) is 12.1 Å². The summed E-state index contributed by atoms with van der Waals surface area (Å²) >= 11 is 0. The lowest BCUT2D eigenvalue weighted by atomic mass is 10.00. The van der Waals surface area contributed by atoms with Gasteiger partial charge in [-0.05, 0) is 23.8 Å². The first-order chi connectivity index (χ1) is 8.16. The van der Waals surface area contributed by atoms with Gasteiger partial charge in [0.15, 0.2) is 0 Å². The molecule has 2 aromatic rings. The van der Waals surface area contributed by atoms with Crippen LogP contribution in [0.1, 0.15) is 17.2 Å². The van der Waals surface area contributed by atoms with Crippen LogP contribution in [0.5, 0.6) is 5.75 Å². The minimum Gasteiger partial charge on any atom is -0.508 e. The van der Waals surface area contributed by atoms with Crippen molar-refractivity contribution in [2.24, 2.45) is 0 Å². The first-order valence-electron chi connectivity index (χ1n) is 5.47. The van der Waals surface area contributed by atoms with Gasteiger partial charge in [-0.15, -0.1) is 0 Å². The number of phenols is 1. The Morgan fingerprint density at radius 2 is 1.65 bits per heavy atom. The van der Waals surface area contributed by atoms with Crippen molar-refractivity contribution < 1.29 is 10.2 Å². The van der Waals surface area contributed by atoms with Gasteiger partial charge in [-0.3, -0.25) is 0 Å². The van der Waals surface area contributed by atoms with E-state index in [4.69, 9.17) is 10.8 Å². The SMILES string of the molecule is Nc1ccccc1C(O)Cc1ccc(O)cc1. The fourth-order valence-corrected chi connectivity index (χ4v) is 1.78. The summed E-state index contributed by atoms with van der Waals surface area (Å²) in [6.07, 6.45) is -0.144. The Morgan fingerprint density at radius 3 is 2.29 bits per heavy atom. The zero-order chi connectivity index (χ0) is 12.3. The molecule has 0 spiro atoms. The maximum atomic E-state index is 10.1. The minimum atomic E-state index is -0.624. The van der Waals surface area contributed by atoms with Gasteiger partial charge in [-0.2, -0.15) is 0 Å². The molecule has 0 aliphatic rings. The third-order valence-electron chi connectivity index (χ3n) is 2.72. The first kappa shape index (κ1) is 11.5. The van der Waals surface area contributed by atoms with Gasteiger partial charge in [0.25, 0.3) is 0 Å². The lowest BCUT2D eigenvalue weighted by Crippen LogP contribution is -2.04. The zero-order valence-corrected chi connectivity index (χ0v) is 9.38. The molecule has 1 atom stereocenters. The predicted molar refractivity (Wildman–Crippen MR) is 67.6 cm³/mol. The lowest BCUT2D eigenvalue weighted by Gasteiger charge is -2.13. The molecule has 2 aromatic carbocycles. The molecule has 3 heteroatoms. The predicted octanol–water partition coefficient (Wildman–Crippen LogP) is 2.25. The van der Waals surface area contributed by atoms with Crippen molar-refractivity contribution in [1.29, 1.82) is 0 Å². The van der Waals surface area contributed by atoms with Crippen LogP contribution in [0.2, 0.25) is 0 Å². The van der Waals surface area contributed by atoms with Gasteiger partial charge in [0.05, 0.1) is 6.10 Å². The highest BCUT2D eigenvalue weighted by molar-refractivity contribution is 5.48. The van der Waals surface area contributed by atoms with Gasteiger partial charge in [-0.1, -0.05) is 30.3 Å². The van der Waals surface area contributed by atoms with E-state index in [1.54, 1.807) is 30.3 Å². The number of aromatic hydroxyl groups is 1. The highest BCUT2D eigenvalue weighted by Gasteiger charge is 2.11. The summed E-state index contributed by atoms with van der Waals surface area (Å²) in [7, 11) is 0. The van der Waals surface area contributed by atoms with Crippen LogP contribution in [0.15, 0.2) is 48.5 Å². The van der Waals surface area contributed by atoms with E-state index in [1.165, 1.54) is 0 Å². The van der Waals surface area contributed by atoms with Crippen molar-refractivity contribution in [1.82, 2.24) is 0 Å². The van der Waals surface area contributed by atoms with Crippen molar-refractivity contribution in [3.8, 4) is 5.75 Å². The minimum absolute atomic E-state index is 0.225. The zero-order valence-electron chi connectivity index (χ0n) is 9.38. The Morgan fingerprint density at radius 1 is 1.00 bits per heavy atom. The third kappa shape index (κ3) is 2.77. The van der Waals surface area contributed by atoms with Crippen LogP contribution in [-0.4, -0.2) is 10.2 Å². The van der Waals surface area contributed by atoms with Crippen LogP contribution in [0.4, 0.5) is 5.69 Å². The molecule has 0 radical (unpaired) electrons. The van der Waals surface area contributed by atoms with Gasteiger partial charge in [0.2, 0.25) is 0 Å². The smallest absolute Gasteiger partial charge is 0.115 e. The first-order valence-corrected chi connectivity index (χ1v) is 5.47. The number of aliphatic hydroxyl groups excluding tert-OH is 1. The molecule has 0 aliphatic carbocycles. The maximum Gasteiger partial charge on any atom is 0.115 e. The second-order valence-corrected chi connectivity index (χ2v) is 4.02. The molecule has 0 saturated carbocycles. The summed E-state index contributed by atoms with van der Waals surface area (Å²) in [6.45, 7) is 0. The number of hydrogen-bond acceptors (Lipinski definition) is 3. The number of rotatable bonds is 3. The number of anilines is 1. The van der Waals surface area contributed by atoms with E-state index in [2.05, 4.69) is 0 Å². The number of aliphatic hydroxyl groups is 1. The number of hydrogen-bond donors (Lipinski definition) is 3. The van der Waals surface area contributed by atoms with E-state index in [9.17, 15) is 5.11 Å². The Balaban J connectivity index is 2.14. The summed E-state index contributed by atoms with van der Waals surface area (Å²) in [6, 6.07) is 14.1. The number of phenolic OH excluding ortho intramolecular Hbond substituents is 1. The highest BCUT2D eigenvalue weighted by atomic mass is 16.3.